The van der Waals surface area contributed by atoms with Crippen molar-refractivity contribution >= 4 is 31.9 Å². The van der Waals surface area contributed by atoms with Gasteiger partial charge >= 0.3 is 0 Å². The van der Waals surface area contributed by atoms with Crippen LogP contribution in [-0.4, -0.2) is 22.5 Å². The third-order valence-electron chi connectivity index (χ3n) is 1.46. The third-order valence-corrected chi connectivity index (χ3v) is 2.48. The molecule has 1 rings (SSSR count). The Morgan fingerprint density at radius 3 is 2.69 bits per heavy atom. The normalized spacial score (nSPS) is 11.2. The monoisotopic (exact) mass is 310 g/mol. The lowest BCUT2D eigenvalue weighted by Gasteiger charge is -2.07. The van der Waals surface area contributed by atoms with Crippen molar-refractivity contribution in [1.29, 1.82) is 0 Å². The molecule has 0 amide bonds. The molecule has 5 heteroatoms. The summed E-state index contributed by atoms with van der Waals surface area (Å²) >= 11 is 6.70. The zero-order chi connectivity index (χ0) is 9.84. The average molecular weight is 312 g/mol. The van der Waals surface area contributed by atoms with Gasteiger partial charge in [0.05, 0.1) is 19.3 Å². The van der Waals surface area contributed by atoms with Crippen molar-refractivity contribution in [2.45, 2.75) is 26.5 Å². The molecule has 13 heavy (non-hydrogen) atoms. The van der Waals surface area contributed by atoms with Crippen LogP contribution in [0.5, 0.6) is 0 Å². The molecule has 74 valence electrons. The first-order valence-electron chi connectivity index (χ1n) is 4.10. The van der Waals surface area contributed by atoms with Gasteiger partial charge in [0, 0.05) is 6.07 Å². The molecule has 0 aliphatic rings. The minimum Gasteiger partial charge on any atom is -0.377 e. The van der Waals surface area contributed by atoms with Crippen LogP contribution >= 0.6 is 31.9 Å². The molecular weight excluding hydrogens is 300 g/mol. The van der Waals surface area contributed by atoms with Gasteiger partial charge in [-0.3, -0.25) is 4.68 Å². The van der Waals surface area contributed by atoms with E-state index in [0.717, 1.165) is 15.8 Å². The number of nitrogens with zero attached hydrogens (tertiary/aromatic N) is 2. The van der Waals surface area contributed by atoms with Gasteiger partial charge in [-0.2, -0.15) is 5.10 Å². The first-order chi connectivity index (χ1) is 6.09. The van der Waals surface area contributed by atoms with Crippen LogP contribution in [0.4, 0.5) is 0 Å². The Labute approximate surface area is 94.7 Å². The Hall–Kier alpha value is 0.130. The maximum absolute atomic E-state index is 5.41. The number of aromatic nitrogens is 2. The number of ether oxygens (including phenoxy) is 1. The van der Waals surface area contributed by atoms with Crippen LogP contribution in [0.15, 0.2) is 15.3 Å². The standard InChI is InChI=1S/C8H12Br2N2O/c1-6(2)13-4-3-12-8(10)5-7(9)11-12/h5-6H,3-4H2,1-2H3. The van der Waals surface area contributed by atoms with Gasteiger partial charge in [-0.05, 0) is 45.7 Å². The molecule has 0 aliphatic carbocycles. The summed E-state index contributed by atoms with van der Waals surface area (Å²) < 4.78 is 9.07. The Balaban J connectivity index is 2.40. The topological polar surface area (TPSA) is 27.1 Å². The van der Waals surface area contributed by atoms with E-state index in [1.165, 1.54) is 0 Å². The summed E-state index contributed by atoms with van der Waals surface area (Å²) in [5.74, 6) is 0. The van der Waals surface area contributed by atoms with Gasteiger partial charge in [0.25, 0.3) is 0 Å². The molecule has 0 unspecified atom stereocenters. The SMILES string of the molecule is CC(C)OCCn1nc(Br)cc1Br. The molecule has 0 atom stereocenters. The summed E-state index contributed by atoms with van der Waals surface area (Å²) in [7, 11) is 0. The fraction of sp³-hybridized carbons (Fsp3) is 0.625. The lowest BCUT2D eigenvalue weighted by molar-refractivity contribution is 0.0706. The maximum Gasteiger partial charge on any atom is 0.129 e. The van der Waals surface area contributed by atoms with Gasteiger partial charge in [0.1, 0.15) is 9.21 Å². The number of rotatable bonds is 4. The molecule has 1 aromatic rings. The van der Waals surface area contributed by atoms with E-state index in [1.807, 2.05) is 24.6 Å². The Morgan fingerprint density at radius 2 is 2.23 bits per heavy atom. The summed E-state index contributed by atoms with van der Waals surface area (Å²) in [6.45, 7) is 5.50. The highest BCUT2D eigenvalue weighted by atomic mass is 79.9. The molecule has 0 saturated carbocycles. The fourth-order valence-corrected chi connectivity index (χ4v) is 2.09. The highest BCUT2D eigenvalue weighted by molar-refractivity contribution is 9.11. The van der Waals surface area contributed by atoms with Crippen LogP contribution in [0.25, 0.3) is 0 Å². The van der Waals surface area contributed by atoms with E-state index in [0.29, 0.717) is 6.61 Å². The van der Waals surface area contributed by atoms with E-state index < -0.39 is 0 Å². The minimum absolute atomic E-state index is 0.276. The zero-order valence-electron chi connectivity index (χ0n) is 7.63. The minimum atomic E-state index is 0.276. The van der Waals surface area contributed by atoms with Gasteiger partial charge in [0.2, 0.25) is 0 Å². The first-order valence-corrected chi connectivity index (χ1v) is 5.68. The van der Waals surface area contributed by atoms with Crippen molar-refractivity contribution in [3.05, 3.63) is 15.3 Å². The quantitative estimate of drug-likeness (QED) is 0.855. The highest BCUT2D eigenvalue weighted by Crippen LogP contribution is 2.15. The van der Waals surface area contributed by atoms with Crippen molar-refractivity contribution in [3.8, 4) is 0 Å². The summed E-state index contributed by atoms with van der Waals surface area (Å²) in [4.78, 5) is 0. The molecule has 0 saturated heterocycles. The van der Waals surface area contributed by atoms with Crippen molar-refractivity contribution in [3.63, 3.8) is 0 Å². The molecule has 0 radical (unpaired) electrons. The summed E-state index contributed by atoms with van der Waals surface area (Å²) in [6, 6.07) is 1.91. The van der Waals surface area contributed by atoms with Crippen molar-refractivity contribution in [1.82, 2.24) is 9.78 Å². The van der Waals surface area contributed by atoms with Crippen LogP contribution in [0.3, 0.4) is 0 Å². The second-order valence-corrected chi connectivity index (χ2v) is 4.56. The van der Waals surface area contributed by atoms with E-state index in [-0.39, 0.29) is 6.10 Å². The van der Waals surface area contributed by atoms with Crippen LogP contribution in [0, 0.1) is 0 Å². The predicted octanol–water partition coefficient (Wildman–Crippen LogP) is 2.83. The highest BCUT2D eigenvalue weighted by Gasteiger charge is 2.02. The van der Waals surface area contributed by atoms with E-state index in [2.05, 4.69) is 37.0 Å². The Morgan fingerprint density at radius 1 is 1.54 bits per heavy atom. The van der Waals surface area contributed by atoms with Gasteiger partial charge in [0.15, 0.2) is 0 Å². The second kappa shape index (κ2) is 5.12. The number of hydrogen-bond acceptors (Lipinski definition) is 2. The summed E-state index contributed by atoms with van der Waals surface area (Å²) in [5.41, 5.74) is 0. The lowest BCUT2D eigenvalue weighted by Crippen LogP contribution is -2.11. The smallest absolute Gasteiger partial charge is 0.129 e. The van der Waals surface area contributed by atoms with Crippen LogP contribution in [-0.2, 0) is 11.3 Å². The van der Waals surface area contributed by atoms with Crippen molar-refractivity contribution in [2.75, 3.05) is 6.61 Å². The van der Waals surface area contributed by atoms with Crippen LogP contribution in [0.1, 0.15) is 13.8 Å². The molecule has 0 aliphatic heterocycles. The van der Waals surface area contributed by atoms with Gasteiger partial charge in [-0.15, -0.1) is 0 Å². The second-order valence-electron chi connectivity index (χ2n) is 2.93. The van der Waals surface area contributed by atoms with Crippen LogP contribution < -0.4 is 0 Å². The predicted molar refractivity (Wildman–Crippen MR) is 58.7 cm³/mol. The largest absolute Gasteiger partial charge is 0.377 e. The van der Waals surface area contributed by atoms with Crippen LogP contribution in [0.2, 0.25) is 0 Å². The molecule has 0 bridgehead atoms. The van der Waals surface area contributed by atoms with E-state index >= 15 is 0 Å². The molecule has 0 aromatic carbocycles. The molecule has 1 heterocycles. The summed E-state index contributed by atoms with van der Waals surface area (Å²) in [6.07, 6.45) is 0.276. The molecule has 0 spiro atoms. The Bertz CT molecular complexity index is 273. The molecule has 0 fully saturated rings. The van der Waals surface area contributed by atoms with E-state index in [4.69, 9.17) is 4.74 Å². The van der Waals surface area contributed by atoms with Gasteiger partial charge < -0.3 is 4.74 Å². The van der Waals surface area contributed by atoms with Crippen molar-refractivity contribution in [2.24, 2.45) is 0 Å². The maximum atomic E-state index is 5.41. The number of halogens is 2. The third kappa shape index (κ3) is 3.79. The molecular formula is C8H12Br2N2O. The first kappa shape index (κ1) is 11.2. The number of hydrogen-bond donors (Lipinski definition) is 0. The molecule has 3 nitrogen and oxygen atoms in total. The summed E-state index contributed by atoms with van der Waals surface area (Å²) in [5, 5.41) is 4.21. The van der Waals surface area contributed by atoms with Crippen molar-refractivity contribution < 1.29 is 4.74 Å². The molecule has 1 aromatic heterocycles. The Kier molecular flexibility index (Phi) is 4.41. The van der Waals surface area contributed by atoms with Gasteiger partial charge in [-0.25, -0.2) is 0 Å². The average Bonchev–Trinajstić information content (AvgIpc) is 2.29. The fourth-order valence-electron chi connectivity index (χ4n) is 0.896. The van der Waals surface area contributed by atoms with Gasteiger partial charge in [-0.1, -0.05) is 0 Å². The van der Waals surface area contributed by atoms with E-state index in [9.17, 15) is 0 Å². The molecule has 0 N–H and O–H groups in total. The zero-order valence-corrected chi connectivity index (χ0v) is 10.8. The van der Waals surface area contributed by atoms with E-state index in [1.54, 1.807) is 0 Å². The lowest BCUT2D eigenvalue weighted by atomic mass is 10.5.